The van der Waals surface area contributed by atoms with Crippen LogP contribution < -0.4 is 4.74 Å². The van der Waals surface area contributed by atoms with Crippen molar-refractivity contribution in [1.29, 1.82) is 0 Å². The SMILES string of the molecule is C=CCOc1c(I)cc(/C=C2/SC(=O)N(Cc3ccc(C(=O)OC)o3)C2=O)cc1I. The van der Waals surface area contributed by atoms with Crippen LogP contribution in [0, 0.1) is 7.14 Å². The normalized spacial score (nSPS) is 15.0. The highest BCUT2D eigenvalue weighted by Gasteiger charge is 2.35. The smallest absolute Gasteiger partial charge is 0.373 e. The number of ether oxygens (including phenoxy) is 2. The van der Waals surface area contributed by atoms with E-state index in [9.17, 15) is 14.4 Å². The van der Waals surface area contributed by atoms with Gasteiger partial charge in [0.15, 0.2) is 0 Å². The summed E-state index contributed by atoms with van der Waals surface area (Å²) < 4.78 is 17.4. The van der Waals surface area contributed by atoms with Crippen LogP contribution in [0.25, 0.3) is 6.08 Å². The third kappa shape index (κ3) is 5.09. The molecule has 1 aromatic heterocycles. The molecule has 0 bridgehead atoms. The lowest BCUT2D eigenvalue weighted by molar-refractivity contribution is -0.123. The summed E-state index contributed by atoms with van der Waals surface area (Å²) in [5, 5.41) is -0.405. The zero-order valence-electron chi connectivity index (χ0n) is 15.6. The van der Waals surface area contributed by atoms with E-state index < -0.39 is 17.1 Å². The van der Waals surface area contributed by atoms with Crippen molar-refractivity contribution >= 4 is 80.1 Å². The van der Waals surface area contributed by atoms with Crippen molar-refractivity contribution in [2.45, 2.75) is 6.54 Å². The van der Waals surface area contributed by atoms with Gasteiger partial charge in [-0.3, -0.25) is 14.5 Å². The fourth-order valence-corrected chi connectivity index (χ4v) is 5.53. The standard InChI is InChI=1S/C20H15I2NO6S/c1-3-6-28-17-13(21)7-11(8-14(17)22)9-16-18(24)23(20(26)30-16)10-12-4-5-15(29-12)19(25)27-2/h3-5,7-9H,1,6,10H2,2H3/b16-9+. The van der Waals surface area contributed by atoms with Crippen LogP contribution >= 0.6 is 56.9 Å². The molecule has 0 radical (unpaired) electrons. The van der Waals surface area contributed by atoms with Crippen molar-refractivity contribution in [1.82, 2.24) is 4.90 Å². The number of carbonyl (C=O) groups excluding carboxylic acids is 3. The number of esters is 1. The largest absolute Gasteiger partial charge is 0.487 e. The molecule has 10 heteroatoms. The molecule has 0 atom stereocenters. The Hall–Kier alpha value is -1.80. The topological polar surface area (TPSA) is 86.1 Å². The van der Waals surface area contributed by atoms with Gasteiger partial charge in [-0.05, 0) is 92.8 Å². The molecule has 156 valence electrons. The Labute approximate surface area is 204 Å². The van der Waals surface area contributed by atoms with Gasteiger partial charge in [-0.1, -0.05) is 12.7 Å². The van der Waals surface area contributed by atoms with Crippen LogP contribution in [0.1, 0.15) is 21.9 Å². The van der Waals surface area contributed by atoms with Crippen molar-refractivity contribution in [3.8, 4) is 5.75 Å². The molecule has 0 unspecified atom stereocenters. The Bertz CT molecular complexity index is 1040. The summed E-state index contributed by atoms with van der Waals surface area (Å²) in [6.07, 6.45) is 3.34. The maximum absolute atomic E-state index is 12.7. The lowest BCUT2D eigenvalue weighted by Gasteiger charge is -2.10. The summed E-state index contributed by atoms with van der Waals surface area (Å²) in [5.41, 5.74) is 0.784. The quantitative estimate of drug-likeness (QED) is 0.179. The zero-order valence-corrected chi connectivity index (χ0v) is 20.8. The molecule has 30 heavy (non-hydrogen) atoms. The summed E-state index contributed by atoms with van der Waals surface area (Å²) in [6, 6.07) is 6.73. The highest BCUT2D eigenvalue weighted by atomic mass is 127. The number of furan rings is 1. The minimum Gasteiger partial charge on any atom is -0.487 e. The third-order valence-electron chi connectivity index (χ3n) is 3.90. The fraction of sp³-hybridized carbons (Fsp3) is 0.150. The molecule has 1 aromatic carbocycles. The molecule has 0 saturated carbocycles. The van der Waals surface area contributed by atoms with Gasteiger partial charge in [0, 0.05) is 0 Å². The van der Waals surface area contributed by atoms with Gasteiger partial charge in [-0.15, -0.1) is 0 Å². The highest BCUT2D eigenvalue weighted by Crippen LogP contribution is 2.35. The molecule has 1 fully saturated rings. The molecule has 0 N–H and O–H groups in total. The predicted molar refractivity (Wildman–Crippen MR) is 129 cm³/mol. The van der Waals surface area contributed by atoms with Crippen molar-refractivity contribution in [2.24, 2.45) is 0 Å². The summed E-state index contributed by atoms with van der Waals surface area (Å²) in [5.74, 6) is 0.0308. The maximum Gasteiger partial charge on any atom is 0.373 e. The van der Waals surface area contributed by atoms with Crippen LogP contribution in [0.4, 0.5) is 4.79 Å². The number of imide groups is 1. The number of hydrogen-bond acceptors (Lipinski definition) is 7. The van der Waals surface area contributed by atoms with Crippen molar-refractivity contribution in [3.63, 3.8) is 0 Å². The molecule has 0 spiro atoms. The molecule has 2 aromatic rings. The number of benzene rings is 1. The summed E-state index contributed by atoms with van der Waals surface area (Å²) in [6.45, 7) is 3.97. The van der Waals surface area contributed by atoms with Gasteiger partial charge in [0.1, 0.15) is 18.1 Å². The number of halogens is 2. The summed E-state index contributed by atoms with van der Waals surface area (Å²) in [7, 11) is 1.24. The molecular formula is C20H15I2NO6S. The third-order valence-corrected chi connectivity index (χ3v) is 6.41. The van der Waals surface area contributed by atoms with E-state index in [0.717, 1.165) is 35.1 Å². The maximum atomic E-state index is 12.7. The van der Waals surface area contributed by atoms with E-state index in [2.05, 4.69) is 56.5 Å². The Morgan fingerprint density at radius 3 is 2.60 bits per heavy atom. The van der Waals surface area contributed by atoms with Crippen LogP contribution in [0.15, 0.2) is 46.2 Å². The first-order chi connectivity index (χ1) is 14.3. The number of methoxy groups -OCH3 is 1. The Morgan fingerprint density at radius 2 is 1.97 bits per heavy atom. The Morgan fingerprint density at radius 1 is 1.27 bits per heavy atom. The first-order valence-electron chi connectivity index (χ1n) is 8.49. The minimum atomic E-state index is -0.625. The average Bonchev–Trinajstić information content (AvgIpc) is 3.27. The molecule has 2 heterocycles. The number of nitrogens with zero attached hydrogens (tertiary/aromatic N) is 1. The van der Waals surface area contributed by atoms with E-state index in [1.807, 2.05) is 12.1 Å². The van der Waals surface area contributed by atoms with Gasteiger partial charge < -0.3 is 13.9 Å². The van der Waals surface area contributed by atoms with E-state index in [0.29, 0.717) is 17.3 Å². The van der Waals surface area contributed by atoms with Crippen LogP contribution in [0.2, 0.25) is 0 Å². The minimum absolute atomic E-state index is 0.0120. The average molecular weight is 651 g/mol. The van der Waals surface area contributed by atoms with E-state index in [-0.39, 0.29) is 12.3 Å². The van der Waals surface area contributed by atoms with Gasteiger partial charge >= 0.3 is 5.97 Å². The van der Waals surface area contributed by atoms with Gasteiger partial charge in [-0.2, -0.15) is 0 Å². The van der Waals surface area contributed by atoms with E-state index in [1.165, 1.54) is 19.2 Å². The second-order valence-corrected chi connectivity index (χ2v) is 9.26. The molecule has 3 rings (SSSR count). The van der Waals surface area contributed by atoms with Gasteiger partial charge in [-0.25, -0.2) is 4.79 Å². The lowest BCUT2D eigenvalue weighted by atomic mass is 10.2. The first kappa shape index (κ1) is 22.9. The monoisotopic (exact) mass is 651 g/mol. The van der Waals surface area contributed by atoms with Crippen molar-refractivity contribution in [3.05, 3.63) is 66.0 Å². The van der Waals surface area contributed by atoms with Crippen LogP contribution in [-0.4, -0.2) is 35.7 Å². The van der Waals surface area contributed by atoms with Gasteiger partial charge in [0.25, 0.3) is 11.1 Å². The van der Waals surface area contributed by atoms with Crippen LogP contribution in [-0.2, 0) is 16.1 Å². The van der Waals surface area contributed by atoms with E-state index >= 15 is 0 Å². The molecule has 0 aliphatic carbocycles. The highest BCUT2D eigenvalue weighted by molar-refractivity contribution is 14.1. The lowest BCUT2D eigenvalue weighted by Crippen LogP contribution is -2.27. The van der Waals surface area contributed by atoms with E-state index in [1.54, 1.807) is 12.2 Å². The summed E-state index contributed by atoms with van der Waals surface area (Å²) in [4.78, 5) is 38.0. The number of hydrogen-bond donors (Lipinski definition) is 0. The van der Waals surface area contributed by atoms with Gasteiger partial charge in [0.2, 0.25) is 5.76 Å². The molecular weight excluding hydrogens is 636 g/mol. The van der Waals surface area contributed by atoms with Crippen molar-refractivity contribution < 1.29 is 28.3 Å². The number of thioether (sulfide) groups is 1. The van der Waals surface area contributed by atoms with Crippen LogP contribution in [0.3, 0.4) is 0 Å². The molecule has 1 saturated heterocycles. The number of rotatable bonds is 7. The second-order valence-electron chi connectivity index (χ2n) is 5.94. The van der Waals surface area contributed by atoms with Gasteiger partial charge in [0.05, 0.1) is 25.7 Å². The van der Waals surface area contributed by atoms with Crippen LogP contribution in [0.5, 0.6) is 5.75 Å². The van der Waals surface area contributed by atoms with Crippen molar-refractivity contribution in [2.75, 3.05) is 13.7 Å². The van der Waals surface area contributed by atoms with E-state index in [4.69, 9.17) is 9.15 Å². The Balaban J connectivity index is 1.78. The molecule has 2 amide bonds. The first-order valence-corrected chi connectivity index (χ1v) is 11.5. The molecule has 1 aliphatic heterocycles. The Kier molecular flexibility index (Phi) is 7.63. The number of amides is 2. The summed E-state index contributed by atoms with van der Waals surface area (Å²) >= 11 is 5.19. The fourth-order valence-electron chi connectivity index (χ4n) is 2.56. The second kappa shape index (κ2) is 10.0. The molecule has 1 aliphatic rings. The zero-order chi connectivity index (χ0) is 21.8. The number of carbonyl (C=O) groups is 3. The molecule has 7 nitrogen and oxygen atoms in total. The predicted octanol–water partition coefficient (Wildman–Crippen LogP) is 5.08.